The SMILES string of the molecule is O=C(Nc1cc2cc(O)nnc2c(N2CCC(F)(F)CC2)n1)c1ccc(NS(=O)(=O)CCO)cc1N1CCC2(CC1)CC2. The number of amides is 1. The van der Waals surface area contributed by atoms with E-state index in [-0.39, 0.29) is 49.1 Å². The number of fused-ring (bicyclic) bond motifs is 1. The van der Waals surface area contributed by atoms with Crippen LogP contribution in [-0.4, -0.2) is 84.2 Å². The molecule has 43 heavy (non-hydrogen) atoms. The van der Waals surface area contributed by atoms with Crippen LogP contribution in [0.1, 0.15) is 48.9 Å². The smallest absolute Gasteiger partial charge is 0.258 e. The molecule has 1 saturated carbocycles. The zero-order valence-electron chi connectivity index (χ0n) is 23.4. The van der Waals surface area contributed by atoms with Gasteiger partial charge in [0.05, 0.1) is 29.3 Å². The predicted molar refractivity (Wildman–Crippen MR) is 157 cm³/mol. The molecule has 0 unspecified atom stereocenters. The quantitative estimate of drug-likeness (QED) is 0.295. The molecule has 1 amide bonds. The Morgan fingerprint density at radius 3 is 2.33 bits per heavy atom. The molecule has 6 rings (SSSR count). The van der Waals surface area contributed by atoms with E-state index in [4.69, 9.17) is 5.11 Å². The number of sulfonamides is 1. The number of hydrogen-bond acceptors (Lipinski definition) is 10. The molecule has 3 aliphatic rings. The Labute approximate surface area is 247 Å². The number of benzene rings is 1. The number of nitrogens with one attached hydrogen (secondary N) is 2. The second kappa shape index (κ2) is 11.0. The first kappa shape index (κ1) is 29.2. The monoisotopic (exact) mass is 617 g/mol. The van der Waals surface area contributed by atoms with Gasteiger partial charge in [0.2, 0.25) is 15.9 Å². The van der Waals surface area contributed by atoms with Crippen molar-refractivity contribution in [1.29, 1.82) is 0 Å². The lowest BCUT2D eigenvalue weighted by molar-refractivity contribution is -0.0221. The fourth-order valence-corrected chi connectivity index (χ4v) is 6.67. The van der Waals surface area contributed by atoms with Gasteiger partial charge in [-0.2, -0.15) is 0 Å². The fraction of sp³-hybridized carbons (Fsp3) is 0.500. The van der Waals surface area contributed by atoms with Gasteiger partial charge in [-0.3, -0.25) is 9.52 Å². The molecule has 12 nitrogen and oxygen atoms in total. The molecule has 4 N–H and O–H groups in total. The van der Waals surface area contributed by atoms with Gasteiger partial charge in [0.25, 0.3) is 11.8 Å². The number of aromatic nitrogens is 3. The van der Waals surface area contributed by atoms with Crippen LogP contribution < -0.4 is 19.8 Å². The Bertz CT molecular complexity index is 1650. The summed E-state index contributed by atoms with van der Waals surface area (Å²) in [5, 5.41) is 30.0. The van der Waals surface area contributed by atoms with E-state index in [1.54, 1.807) is 11.0 Å². The summed E-state index contributed by atoms with van der Waals surface area (Å²) in [6.07, 6.45) is 3.63. The van der Waals surface area contributed by atoms with Crippen molar-refractivity contribution in [2.75, 3.05) is 58.4 Å². The van der Waals surface area contributed by atoms with Crippen LogP contribution in [0.2, 0.25) is 0 Å². The first-order valence-electron chi connectivity index (χ1n) is 14.3. The molecular formula is C28H33F2N7O5S. The fourth-order valence-electron chi connectivity index (χ4n) is 5.84. The van der Waals surface area contributed by atoms with Crippen molar-refractivity contribution in [2.45, 2.75) is 44.4 Å². The Balaban J connectivity index is 1.32. The largest absolute Gasteiger partial charge is 0.492 e. The molecular weight excluding hydrogens is 584 g/mol. The van der Waals surface area contributed by atoms with E-state index >= 15 is 0 Å². The molecule has 3 aromatic rings. The van der Waals surface area contributed by atoms with Crippen LogP contribution in [0.25, 0.3) is 10.9 Å². The zero-order valence-corrected chi connectivity index (χ0v) is 24.2. The summed E-state index contributed by atoms with van der Waals surface area (Å²) >= 11 is 0. The molecule has 2 aliphatic heterocycles. The van der Waals surface area contributed by atoms with Crippen LogP contribution in [0.15, 0.2) is 30.3 Å². The highest BCUT2D eigenvalue weighted by Gasteiger charge is 2.44. The summed E-state index contributed by atoms with van der Waals surface area (Å²) in [6.45, 7) is 0.958. The highest BCUT2D eigenvalue weighted by Crippen LogP contribution is 2.54. The van der Waals surface area contributed by atoms with Crippen LogP contribution in [0.3, 0.4) is 0 Å². The van der Waals surface area contributed by atoms with E-state index < -0.39 is 34.2 Å². The van der Waals surface area contributed by atoms with Gasteiger partial charge in [0.1, 0.15) is 11.3 Å². The van der Waals surface area contributed by atoms with Crippen LogP contribution in [-0.2, 0) is 10.0 Å². The number of carbonyl (C=O) groups excluding carboxylic acids is 1. The van der Waals surface area contributed by atoms with E-state index in [1.165, 1.54) is 37.1 Å². The normalized spacial score (nSPS) is 19.4. The van der Waals surface area contributed by atoms with Crippen LogP contribution in [0.4, 0.5) is 31.8 Å². The van der Waals surface area contributed by atoms with Crippen LogP contribution in [0, 0.1) is 5.41 Å². The van der Waals surface area contributed by atoms with Crippen molar-refractivity contribution < 1.29 is 32.2 Å². The Morgan fingerprint density at radius 1 is 0.953 bits per heavy atom. The summed E-state index contributed by atoms with van der Waals surface area (Å²) < 4.78 is 54.9. The van der Waals surface area contributed by atoms with Gasteiger partial charge >= 0.3 is 0 Å². The number of aliphatic hydroxyl groups is 1. The first-order chi connectivity index (χ1) is 20.4. The van der Waals surface area contributed by atoms with Crippen molar-refractivity contribution in [2.24, 2.45) is 5.41 Å². The number of piperidine rings is 2. The lowest BCUT2D eigenvalue weighted by Gasteiger charge is -2.35. The first-order valence-corrected chi connectivity index (χ1v) is 15.9. The number of carbonyl (C=O) groups is 1. The maximum absolute atomic E-state index is 13.9. The molecule has 2 saturated heterocycles. The van der Waals surface area contributed by atoms with E-state index in [0.29, 0.717) is 40.7 Å². The zero-order chi connectivity index (χ0) is 30.4. The van der Waals surface area contributed by atoms with E-state index in [9.17, 15) is 27.1 Å². The Morgan fingerprint density at radius 2 is 1.65 bits per heavy atom. The summed E-state index contributed by atoms with van der Waals surface area (Å²) in [6, 6.07) is 7.53. The van der Waals surface area contributed by atoms with E-state index in [2.05, 4.69) is 30.1 Å². The molecule has 15 heteroatoms. The lowest BCUT2D eigenvalue weighted by atomic mass is 9.93. The van der Waals surface area contributed by atoms with Gasteiger partial charge in [0.15, 0.2) is 5.82 Å². The third kappa shape index (κ3) is 6.42. The maximum Gasteiger partial charge on any atom is 0.258 e. The van der Waals surface area contributed by atoms with Crippen molar-refractivity contribution >= 4 is 49.8 Å². The van der Waals surface area contributed by atoms with Crippen LogP contribution in [0.5, 0.6) is 5.88 Å². The Kier molecular flexibility index (Phi) is 7.49. The summed E-state index contributed by atoms with van der Waals surface area (Å²) in [4.78, 5) is 22.1. The molecule has 3 fully saturated rings. The number of hydrogen-bond donors (Lipinski definition) is 4. The molecule has 1 aliphatic carbocycles. The Hall–Kier alpha value is -3.85. The number of halogens is 2. The minimum Gasteiger partial charge on any atom is -0.492 e. The number of aromatic hydroxyl groups is 1. The van der Waals surface area contributed by atoms with Crippen molar-refractivity contribution in [1.82, 2.24) is 15.2 Å². The second-order valence-electron chi connectivity index (χ2n) is 11.6. The van der Waals surface area contributed by atoms with Gasteiger partial charge in [-0.25, -0.2) is 22.2 Å². The second-order valence-corrected chi connectivity index (χ2v) is 13.5. The minimum atomic E-state index is -3.78. The molecule has 0 bridgehead atoms. The molecule has 1 spiro atoms. The van der Waals surface area contributed by atoms with E-state index in [1.807, 2.05) is 0 Å². The number of alkyl halides is 2. The average molecular weight is 618 g/mol. The van der Waals surface area contributed by atoms with E-state index in [0.717, 1.165) is 12.8 Å². The number of aliphatic hydroxyl groups excluding tert-OH is 1. The van der Waals surface area contributed by atoms with Crippen LogP contribution >= 0.6 is 0 Å². The van der Waals surface area contributed by atoms with Gasteiger partial charge in [-0.05, 0) is 55.4 Å². The van der Waals surface area contributed by atoms with Crippen molar-refractivity contribution in [3.63, 3.8) is 0 Å². The standard InChI is InChI=1S/C28H33F2N7O5S/c29-28(30)7-11-37(12-8-28)25-24-18(16-23(39)33-34-24)15-22(31-25)32-26(40)20-2-1-19(35-43(41,42)14-13-38)17-21(20)36-9-5-27(3-4-27)6-10-36/h1-2,15-17,35,38H,3-14H2,(H,33,39)(H,31,32,40). The van der Waals surface area contributed by atoms with Gasteiger partial charge in [-0.15, -0.1) is 10.2 Å². The maximum atomic E-state index is 13.9. The highest BCUT2D eigenvalue weighted by atomic mass is 32.2. The predicted octanol–water partition coefficient (Wildman–Crippen LogP) is 3.33. The number of rotatable bonds is 8. The molecule has 4 heterocycles. The third-order valence-corrected chi connectivity index (χ3v) is 9.84. The van der Waals surface area contributed by atoms with Gasteiger partial charge < -0.3 is 25.3 Å². The van der Waals surface area contributed by atoms with Gasteiger partial charge in [0, 0.05) is 50.5 Å². The molecule has 1 aromatic carbocycles. The number of anilines is 4. The van der Waals surface area contributed by atoms with Crippen molar-refractivity contribution in [3.05, 3.63) is 35.9 Å². The summed E-state index contributed by atoms with van der Waals surface area (Å²) in [5.41, 5.74) is 1.81. The van der Waals surface area contributed by atoms with Gasteiger partial charge in [-0.1, -0.05) is 0 Å². The molecule has 0 radical (unpaired) electrons. The lowest BCUT2D eigenvalue weighted by Crippen LogP contribution is -2.40. The molecule has 0 atom stereocenters. The molecule has 2 aromatic heterocycles. The third-order valence-electron chi connectivity index (χ3n) is 8.57. The molecule has 230 valence electrons. The number of pyridine rings is 1. The highest BCUT2D eigenvalue weighted by molar-refractivity contribution is 7.92. The summed E-state index contributed by atoms with van der Waals surface area (Å²) in [7, 11) is -3.78. The topological polar surface area (TPSA) is 161 Å². The van der Waals surface area contributed by atoms with Crippen molar-refractivity contribution in [3.8, 4) is 5.88 Å². The average Bonchev–Trinajstić information content (AvgIpc) is 3.71. The minimum absolute atomic E-state index is 0.0311. The number of nitrogens with zero attached hydrogens (tertiary/aromatic N) is 5. The summed E-state index contributed by atoms with van der Waals surface area (Å²) in [5.74, 6) is -3.67.